The third kappa shape index (κ3) is 12.0. The number of carbonyl (C=O) groups is 8. The normalized spacial score (nSPS) is 12.8. The van der Waals surface area contributed by atoms with Crippen LogP contribution in [0.3, 0.4) is 0 Å². The maximum Gasteiger partial charge on any atom is 0.234 e. The van der Waals surface area contributed by atoms with Crippen molar-refractivity contribution >= 4 is 206 Å². The van der Waals surface area contributed by atoms with Crippen LogP contribution >= 0.6 is 0 Å². The number of rotatable bonds is 0. The first-order valence-corrected chi connectivity index (χ1v) is 41.0. The predicted octanol–water partition coefficient (Wildman–Crippen LogP) is 22.5. The lowest BCUT2D eigenvalue weighted by Crippen LogP contribution is -2.21. The molecule has 0 aliphatic heterocycles. The Labute approximate surface area is 715 Å². The van der Waals surface area contributed by atoms with Gasteiger partial charge in [0.05, 0.1) is 0 Å². The van der Waals surface area contributed by atoms with Crippen LogP contribution < -0.4 is 31.9 Å². The lowest BCUT2D eigenvalue weighted by molar-refractivity contribution is 0.0815. The van der Waals surface area contributed by atoms with Crippen LogP contribution in [-0.4, -0.2) is 46.3 Å². The van der Waals surface area contributed by atoms with Crippen molar-refractivity contribution in [2.75, 3.05) is 0 Å². The SMILES string of the molecule is C=c1c(=O)c2cc3cccc4ccc5ccc1c2c5c43.C=c1c(=O)c2cccc3c4ccccc4cc1c23.C=c1c(=O)c2cccc3cccc1c32.O=C1C(=O)c2c(ccc3ccccc23)-c2ccccc21.O=C1C(=O)c2c3ccccc3cc3cccc1c23.O=C1C(=O)c2cc3ccccc3cc2-c2ccccc21.O=C1C(=O)c2ccccc2-c2ccccc21. The van der Waals surface area contributed by atoms with E-state index in [1.165, 1.54) is 26.9 Å². The van der Waals surface area contributed by atoms with E-state index in [2.05, 4.69) is 74.3 Å². The first kappa shape index (κ1) is 76.3. The maximum atomic E-state index is 12.4. The molecule has 0 atom stereocenters. The molecule has 0 radical (unpaired) electrons. The smallest absolute Gasteiger partial charge is 0.234 e. The van der Waals surface area contributed by atoms with Crippen LogP contribution in [0.1, 0.15) is 82.9 Å². The van der Waals surface area contributed by atoms with E-state index in [1.54, 1.807) is 54.6 Å². The molecular weight excluding hydrogens is 1560 g/mol. The second-order valence-electron chi connectivity index (χ2n) is 31.8. The van der Waals surface area contributed by atoms with Crippen molar-refractivity contribution in [2.45, 2.75) is 0 Å². The average Bonchev–Trinajstić information content (AvgIpc) is 1.52. The van der Waals surface area contributed by atoms with Crippen LogP contribution in [0.4, 0.5) is 0 Å². The topological polar surface area (TPSA) is 188 Å². The molecule has 0 unspecified atom stereocenters. The summed E-state index contributed by atoms with van der Waals surface area (Å²) in [5.41, 5.74) is 9.45. The van der Waals surface area contributed by atoms with Gasteiger partial charge in [0.2, 0.25) is 46.3 Å². The van der Waals surface area contributed by atoms with Crippen LogP contribution in [0, 0.1) is 0 Å². The number of carbonyl (C=O) groups excluding carboxylic acids is 8. The van der Waals surface area contributed by atoms with E-state index in [-0.39, 0.29) is 27.9 Å². The molecule has 0 saturated heterocycles. The summed E-state index contributed by atoms with van der Waals surface area (Å²) in [5, 5.41) is 28.6. The zero-order valence-corrected chi connectivity index (χ0v) is 67.1. The Balaban J connectivity index is 0.0000000900. The number of hydrogen-bond acceptors (Lipinski definition) is 11. The van der Waals surface area contributed by atoms with Crippen molar-refractivity contribution < 1.29 is 38.4 Å². The Bertz CT molecular complexity index is 8960. The Morgan fingerprint density at radius 2 is 0.460 bits per heavy atom. The minimum atomic E-state index is -0.414. The van der Waals surface area contributed by atoms with Crippen molar-refractivity contribution in [3.05, 3.63) is 443 Å². The van der Waals surface area contributed by atoms with Crippen molar-refractivity contribution in [3.8, 4) is 33.4 Å². The van der Waals surface area contributed by atoms with Gasteiger partial charge in [-0.2, -0.15) is 0 Å². The third-order valence-electron chi connectivity index (χ3n) is 25.0. The molecule has 126 heavy (non-hydrogen) atoms. The fourth-order valence-electron chi connectivity index (χ4n) is 19.1. The molecule has 0 N–H and O–H groups in total. The van der Waals surface area contributed by atoms with E-state index in [1.807, 2.05) is 243 Å². The van der Waals surface area contributed by atoms with E-state index in [4.69, 9.17) is 0 Å². The van der Waals surface area contributed by atoms with Crippen LogP contribution in [0.25, 0.3) is 193 Å². The van der Waals surface area contributed by atoms with Crippen molar-refractivity contribution in [1.82, 2.24) is 0 Å². The molecule has 0 spiro atoms. The van der Waals surface area contributed by atoms with Crippen LogP contribution in [0.2, 0.25) is 0 Å². The fourth-order valence-corrected chi connectivity index (χ4v) is 19.1. The predicted molar refractivity (Wildman–Crippen MR) is 509 cm³/mol. The van der Waals surface area contributed by atoms with E-state index in [0.29, 0.717) is 60.2 Å². The number of Topliss-reactive ketones (excluding diaryl/α,β-unsaturated/α-hetero) is 8. The molecule has 0 fully saturated rings. The van der Waals surface area contributed by atoms with Gasteiger partial charge >= 0.3 is 0 Å². The molecule has 11 nitrogen and oxygen atoms in total. The first-order valence-electron chi connectivity index (χ1n) is 41.0. The molecule has 590 valence electrons. The number of benzene rings is 20. The van der Waals surface area contributed by atoms with Gasteiger partial charge in [-0.25, -0.2) is 0 Å². The van der Waals surface area contributed by atoms with Gasteiger partial charge in [-0.15, -0.1) is 0 Å². The number of hydrogen-bond donors (Lipinski definition) is 0. The lowest BCUT2D eigenvalue weighted by atomic mass is 9.81. The Morgan fingerprint density at radius 1 is 0.135 bits per heavy atom. The van der Waals surface area contributed by atoms with E-state index in [9.17, 15) is 52.7 Å². The van der Waals surface area contributed by atoms with Gasteiger partial charge < -0.3 is 0 Å². The van der Waals surface area contributed by atoms with Gasteiger partial charge in [0.15, 0.2) is 16.3 Å². The fraction of sp³-hybridized carbons (Fsp3) is 0. The zero-order valence-electron chi connectivity index (χ0n) is 67.1. The number of fused-ring (bicyclic) bond motifs is 16. The molecule has 4 aliphatic carbocycles. The summed E-state index contributed by atoms with van der Waals surface area (Å²) in [6, 6.07) is 112. The van der Waals surface area contributed by atoms with E-state index >= 15 is 0 Å². The highest BCUT2D eigenvalue weighted by Crippen LogP contribution is 2.43. The molecule has 0 aromatic heterocycles. The second kappa shape index (κ2) is 29.9. The van der Waals surface area contributed by atoms with Gasteiger partial charge in [-0.3, -0.25) is 52.7 Å². The molecule has 23 aromatic rings. The van der Waals surface area contributed by atoms with E-state index in [0.717, 1.165) is 146 Å². The van der Waals surface area contributed by atoms with Crippen molar-refractivity contribution in [1.29, 1.82) is 0 Å². The summed E-state index contributed by atoms with van der Waals surface area (Å²) < 4.78 is 0. The first-order chi connectivity index (χ1) is 61.4. The van der Waals surface area contributed by atoms with Crippen molar-refractivity contribution in [3.63, 3.8) is 0 Å². The molecule has 0 heterocycles. The Morgan fingerprint density at radius 3 is 1.06 bits per heavy atom. The second-order valence-corrected chi connectivity index (χ2v) is 31.8. The summed E-state index contributed by atoms with van der Waals surface area (Å²) in [6.07, 6.45) is 0. The van der Waals surface area contributed by atoms with Gasteiger partial charge in [0.1, 0.15) is 0 Å². The molecule has 0 bridgehead atoms. The van der Waals surface area contributed by atoms with Crippen LogP contribution in [0.5, 0.6) is 0 Å². The summed E-state index contributed by atoms with van der Waals surface area (Å²) in [4.78, 5) is 133. The molecule has 4 aliphatic rings. The van der Waals surface area contributed by atoms with E-state index < -0.39 is 34.7 Å². The molecule has 27 rings (SSSR count). The standard InChI is InChI=1S/C19H10O.2C18H10O2.C17H10O.C16H8O2.C14H8O2.C13H8O/c1-10-14-8-7-12-6-5-11-3-2-4-13-9-15(19(10)20)18(14)17(12)16(11)13;19-17-14-8-4-3-7-13(14)15-9-11-5-1-2-6-12(11)10-16(15)18(17)20;19-17-15-8-4-3-7-13(15)14-10-9-11-5-1-2-6-12(11)16(14)18(17)20;1-10-15-9-11-5-2-3-6-12(11)13-7-4-8-14(16(13)15)17(10)18;17-15-12-7-3-5-10-8-9-4-1-2-6-11(9)14(13(10)12)16(15)18;15-13-11-7-3-1-5-9(11)10-6-2-4-8-12(10)14(13)16;1-8-10-6-2-4-9-5-3-7-11(12(9)10)13(8)14/h2-9H,1H2;2*1-10H;2-9H,1H2;1-8H;1-8H;2-7H,1H2. The van der Waals surface area contributed by atoms with Crippen molar-refractivity contribution in [2.24, 2.45) is 0 Å². The summed E-state index contributed by atoms with van der Waals surface area (Å²) >= 11 is 0. The number of ketones is 8. The Kier molecular flexibility index (Phi) is 18.1. The Hall–Kier alpha value is -17.2. The molecular formula is C115H64O11. The van der Waals surface area contributed by atoms with Gasteiger partial charge in [-0.05, 0) is 166 Å². The molecule has 23 aromatic carbocycles. The quantitative estimate of drug-likeness (QED) is 0.0798. The minimum Gasteiger partial charge on any atom is -0.289 e. The highest BCUT2D eigenvalue weighted by Gasteiger charge is 2.35. The van der Waals surface area contributed by atoms with Gasteiger partial charge in [-0.1, -0.05) is 341 Å². The highest BCUT2D eigenvalue weighted by molar-refractivity contribution is 6.59. The third-order valence-corrected chi connectivity index (χ3v) is 25.0. The largest absolute Gasteiger partial charge is 0.289 e. The monoisotopic (exact) mass is 1620 g/mol. The molecule has 11 heteroatoms. The lowest BCUT2D eigenvalue weighted by Gasteiger charge is -2.19. The van der Waals surface area contributed by atoms with Crippen LogP contribution in [-0.2, 0) is 0 Å². The summed E-state index contributed by atoms with van der Waals surface area (Å²) in [6.45, 7) is 11.7. The maximum absolute atomic E-state index is 12.4. The summed E-state index contributed by atoms with van der Waals surface area (Å²) in [5.74, 6) is -3.22. The molecule has 0 saturated carbocycles. The van der Waals surface area contributed by atoms with Gasteiger partial charge in [0.25, 0.3) is 0 Å². The van der Waals surface area contributed by atoms with Gasteiger partial charge in [0, 0.05) is 97.9 Å². The summed E-state index contributed by atoms with van der Waals surface area (Å²) in [7, 11) is 0. The van der Waals surface area contributed by atoms with Crippen LogP contribution in [0.15, 0.2) is 366 Å². The average molecular weight is 1620 g/mol. The minimum absolute atomic E-state index is 0.0610. The highest BCUT2D eigenvalue weighted by atomic mass is 16.2. The molecule has 0 amide bonds. The zero-order chi connectivity index (χ0) is 86.2.